The normalized spacial score (nSPS) is 12.2. The first kappa shape index (κ1) is 14.7. The van der Waals surface area contributed by atoms with Crippen molar-refractivity contribution < 1.29 is 9.13 Å². The van der Waals surface area contributed by atoms with Gasteiger partial charge in [-0.05, 0) is 24.7 Å². The molecule has 6 heteroatoms. The van der Waals surface area contributed by atoms with E-state index in [1.807, 2.05) is 6.92 Å². The Hall–Kier alpha value is -1.72. The van der Waals surface area contributed by atoms with Crippen LogP contribution in [0, 0.1) is 5.82 Å². The van der Waals surface area contributed by atoms with E-state index in [-0.39, 0.29) is 5.82 Å². The van der Waals surface area contributed by atoms with E-state index in [9.17, 15) is 4.39 Å². The number of hydrogen-bond donors (Lipinski definition) is 1. The molecule has 0 aliphatic rings. The van der Waals surface area contributed by atoms with E-state index in [4.69, 9.17) is 16.3 Å². The Bertz CT molecular complexity index is 594. The van der Waals surface area contributed by atoms with Crippen LogP contribution >= 0.6 is 11.6 Å². The lowest BCUT2D eigenvalue weighted by Crippen LogP contribution is -2.24. The molecule has 0 amide bonds. The smallest absolute Gasteiger partial charge is 0.237 e. The van der Waals surface area contributed by atoms with Crippen LogP contribution in [0.4, 0.5) is 4.39 Å². The lowest BCUT2D eigenvalue weighted by Gasteiger charge is -2.20. The molecule has 0 bridgehead atoms. The second-order valence-electron chi connectivity index (χ2n) is 4.11. The number of hydrogen-bond acceptors (Lipinski definition) is 4. The Balaban J connectivity index is 2.53. The molecule has 0 saturated heterocycles. The average Bonchev–Trinajstić information content (AvgIpc) is 2.47. The topological polar surface area (TPSA) is 47.0 Å². The summed E-state index contributed by atoms with van der Waals surface area (Å²) in [6.07, 6.45) is 3.07. The van der Waals surface area contributed by atoms with Crippen molar-refractivity contribution in [2.45, 2.75) is 13.0 Å². The Morgan fingerprint density at radius 3 is 2.80 bits per heavy atom. The van der Waals surface area contributed by atoms with Gasteiger partial charge in [-0.1, -0.05) is 18.5 Å². The van der Waals surface area contributed by atoms with Gasteiger partial charge in [0, 0.05) is 23.0 Å². The molecule has 0 fully saturated rings. The van der Waals surface area contributed by atoms with E-state index in [1.165, 1.54) is 25.4 Å². The summed E-state index contributed by atoms with van der Waals surface area (Å²) in [6.45, 7) is 2.56. The number of ether oxygens (including phenoxy) is 1. The standard InChI is InChI=1S/C14H15ClFN3O/c1-3-17-12(10-8-9(15)4-5-11(10)16)13-14(20-2)19-7-6-18-13/h4-8,12,17H,3H2,1-2H3. The molecule has 0 radical (unpaired) electrons. The predicted molar refractivity (Wildman–Crippen MR) is 75.5 cm³/mol. The van der Waals surface area contributed by atoms with Gasteiger partial charge in [-0.25, -0.2) is 9.37 Å². The lowest BCUT2D eigenvalue weighted by atomic mass is 10.0. The van der Waals surface area contributed by atoms with Gasteiger partial charge in [-0.15, -0.1) is 0 Å². The van der Waals surface area contributed by atoms with Crippen molar-refractivity contribution in [1.82, 2.24) is 15.3 Å². The maximum Gasteiger partial charge on any atom is 0.237 e. The summed E-state index contributed by atoms with van der Waals surface area (Å²) in [4.78, 5) is 8.35. The third-order valence-electron chi connectivity index (χ3n) is 2.84. The van der Waals surface area contributed by atoms with Gasteiger partial charge in [0.25, 0.3) is 0 Å². The summed E-state index contributed by atoms with van der Waals surface area (Å²) in [6, 6.07) is 3.96. The number of methoxy groups -OCH3 is 1. The highest BCUT2D eigenvalue weighted by atomic mass is 35.5. The minimum Gasteiger partial charge on any atom is -0.480 e. The number of rotatable bonds is 5. The van der Waals surface area contributed by atoms with E-state index < -0.39 is 6.04 Å². The summed E-state index contributed by atoms with van der Waals surface area (Å²) in [5.41, 5.74) is 0.941. The van der Waals surface area contributed by atoms with Crippen molar-refractivity contribution >= 4 is 11.6 Å². The molecular weight excluding hydrogens is 281 g/mol. The fraction of sp³-hybridized carbons (Fsp3) is 0.286. The molecule has 20 heavy (non-hydrogen) atoms. The molecule has 1 N–H and O–H groups in total. The third kappa shape index (κ3) is 3.05. The lowest BCUT2D eigenvalue weighted by molar-refractivity contribution is 0.382. The van der Waals surface area contributed by atoms with Crippen LogP contribution in [0.2, 0.25) is 5.02 Å². The highest BCUT2D eigenvalue weighted by molar-refractivity contribution is 6.30. The van der Waals surface area contributed by atoms with Crippen molar-refractivity contribution in [2.75, 3.05) is 13.7 Å². The largest absolute Gasteiger partial charge is 0.480 e. The van der Waals surface area contributed by atoms with Crippen LogP contribution < -0.4 is 10.1 Å². The minimum absolute atomic E-state index is 0.354. The number of aromatic nitrogens is 2. The predicted octanol–water partition coefficient (Wildman–Crippen LogP) is 2.98. The zero-order valence-electron chi connectivity index (χ0n) is 11.2. The fourth-order valence-electron chi connectivity index (χ4n) is 1.99. The highest BCUT2D eigenvalue weighted by Crippen LogP contribution is 2.29. The fourth-order valence-corrected chi connectivity index (χ4v) is 2.17. The van der Waals surface area contributed by atoms with Crippen LogP contribution in [0.15, 0.2) is 30.6 Å². The highest BCUT2D eigenvalue weighted by Gasteiger charge is 2.23. The summed E-state index contributed by atoms with van der Waals surface area (Å²) in [7, 11) is 1.50. The van der Waals surface area contributed by atoms with Gasteiger partial charge >= 0.3 is 0 Å². The minimum atomic E-state index is -0.470. The second-order valence-corrected chi connectivity index (χ2v) is 4.54. The number of halogens is 2. The maximum atomic E-state index is 14.1. The van der Waals surface area contributed by atoms with Gasteiger partial charge in [0.05, 0.1) is 13.2 Å². The molecule has 2 aromatic rings. The summed E-state index contributed by atoms with van der Waals surface area (Å²) >= 11 is 5.96. The molecule has 1 atom stereocenters. The molecule has 0 aliphatic heterocycles. The molecule has 4 nitrogen and oxygen atoms in total. The van der Waals surface area contributed by atoms with E-state index in [2.05, 4.69) is 15.3 Å². The van der Waals surface area contributed by atoms with Gasteiger partial charge in [0.2, 0.25) is 5.88 Å². The summed E-state index contributed by atoms with van der Waals surface area (Å²) in [5, 5.41) is 3.64. The van der Waals surface area contributed by atoms with Gasteiger partial charge in [-0.3, -0.25) is 4.98 Å². The molecule has 106 valence electrons. The van der Waals surface area contributed by atoms with Crippen LogP contribution in [0.5, 0.6) is 5.88 Å². The molecule has 1 aromatic carbocycles. The van der Waals surface area contributed by atoms with E-state index in [0.717, 1.165) is 0 Å². The first-order valence-electron chi connectivity index (χ1n) is 6.20. The van der Waals surface area contributed by atoms with Crippen molar-refractivity contribution in [3.63, 3.8) is 0 Å². The molecule has 1 heterocycles. The first-order chi connectivity index (χ1) is 9.67. The Kier molecular flexibility index (Phi) is 4.87. The van der Waals surface area contributed by atoms with E-state index >= 15 is 0 Å². The van der Waals surface area contributed by atoms with Crippen molar-refractivity contribution in [2.24, 2.45) is 0 Å². The summed E-state index contributed by atoms with van der Waals surface area (Å²) < 4.78 is 19.3. The number of benzene rings is 1. The third-order valence-corrected chi connectivity index (χ3v) is 3.07. The van der Waals surface area contributed by atoms with Gasteiger partial charge in [0.1, 0.15) is 11.5 Å². The Labute approximate surface area is 122 Å². The first-order valence-corrected chi connectivity index (χ1v) is 6.58. The number of nitrogens with zero attached hydrogens (tertiary/aromatic N) is 2. The van der Waals surface area contributed by atoms with Crippen molar-refractivity contribution in [1.29, 1.82) is 0 Å². The van der Waals surface area contributed by atoms with E-state index in [1.54, 1.807) is 12.3 Å². The van der Waals surface area contributed by atoms with Crippen LogP contribution in [0.1, 0.15) is 24.2 Å². The molecule has 0 spiro atoms. The monoisotopic (exact) mass is 295 g/mol. The molecule has 0 aliphatic carbocycles. The zero-order chi connectivity index (χ0) is 14.5. The van der Waals surface area contributed by atoms with Crippen molar-refractivity contribution in [3.05, 3.63) is 52.7 Å². The zero-order valence-corrected chi connectivity index (χ0v) is 12.0. The van der Waals surface area contributed by atoms with Crippen LogP contribution in [-0.4, -0.2) is 23.6 Å². The van der Waals surface area contributed by atoms with Gasteiger partial charge in [-0.2, -0.15) is 0 Å². The van der Waals surface area contributed by atoms with Crippen LogP contribution in [0.25, 0.3) is 0 Å². The van der Waals surface area contributed by atoms with Gasteiger partial charge in [0.15, 0.2) is 0 Å². The van der Waals surface area contributed by atoms with Crippen LogP contribution in [-0.2, 0) is 0 Å². The quantitative estimate of drug-likeness (QED) is 0.921. The SMILES string of the molecule is CCNC(c1cc(Cl)ccc1F)c1nccnc1OC. The van der Waals surface area contributed by atoms with Crippen molar-refractivity contribution in [3.8, 4) is 5.88 Å². The average molecular weight is 296 g/mol. The maximum absolute atomic E-state index is 14.1. The molecule has 2 rings (SSSR count). The Morgan fingerprint density at radius 1 is 1.35 bits per heavy atom. The number of nitrogens with one attached hydrogen (secondary N) is 1. The Morgan fingerprint density at radius 2 is 2.10 bits per heavy atom. The molecular formula is C14H15ClFN3O. The summed E-state index contributed by atoms with van der Waals surface area (Å²) in [5.74, 6) is 0.00545. The molecule has 1 unspecified atom stereocenters. The van der Waals surface area contributed by atoms with E-state index in [0.29, 0.717) is 28.7 Å². The van der Waals surface area contributed by atoms with Crippen LogP contribution in [0.3, 0.4) is 0 Å². The molecule has 1 aromatic heterocycles. The van der Waals surface area contributed by atoms with Gasteiger partial charge < -0.3 is 10.1 Å². The second kappa shape index (κ2) is 6.63. The molecule has 0 saturated carbocycles.